The summed E-state index contributed by atoms with van der Waals surface area (Å²) in [6.45, 7) is 4.60. The Morgan fingerprint density at radius 1 is 1.43 bits per heavy atom. The van der Waals surface area contributed by atoms with Crippen molar-refractivity contribution >= 4 is 0 Å². The van der Waals surface area contributed by atoms with Crippen molar-refractivity contribution in [1.82, 2.24) is 5.32 Å². The number of rotatable bonds is 8. The normalized spacial score (nSPS) is 20.9. The molecule has 0 bridgehead atoms. The van der Waals surface area contributed by atoms with Crippen LogP contribution in [0.25, 0.3) is 0 Å². The molecule has 0 saturated carbocycles. The first kappa shape index (κ1) is 16.0. The maximum atomic E-state index is 9.72. The Morgan fingerprint density at radius 2 is 2.24 bits per heavy atom. The largest absolute Gasteiger partial charge is 0.376 e. The van der Waals surface area contributed by atoms with E-state index < -0.39 is 5.54 Å². The number of nitrogens with zero attached hydrogens (tertiary/aromatic N) is 1. The molecular formula is C17H24N2O2. The molecule has 2 rings (SSSR count). The van der Waals surface area contributed by atoms with E-state index in [1.807, 2.05) is 30.3 Å². The molecule has 0 amide bonds. The van der Waals surface area contributed by atoms with Crippen molar-refractivity contribution in [2.75, 3.05) is 26.4 Å². The summed E-state index contributed by atoms with van der Waals surface area (Å²) in [4.78, 5) is 0. The van der Waals surface area contributed by atoms with Crippen LogP contribution in [0.2, 0.25) is 0 Å². The average molecular weight is 288 g/mol. The van der Waals surface area contributed by atoms with Crippen molar-refractivity contribution in [2.24, 2.45) is 0 Å². The summed E-state index contributed by atoms with van der Waals surface area (Å²) < 4.78 is 11.4. The lowest BCUT2D eigenvalue weighted by atomic mass is 9.92. The Labute approximate surface area is 127 Å². The molecule has 1 heterocycles. The van der Waals surface area contributed by atoms with Gasteiger partial charge in [-0.3, -0.25) is 5.32 Å². The second-order valence-corrected chi connectivity index (χ2v) is 5.46. The first-order chi connectivity index (χ1) is 10.3. The third kappa shape index (κ3) is 4.28. The molecule has 21 heavy (non-hydrogen) atoms. The summed E-state index contributed by atoms with van der Waals surface area (Å²) in [5.74, 6) is 0. The summed E-state index contributed by atoms with van der Waals surface area (Å²) in [5, 5.41) is 13.1. The van der Waals surface area contributed by atoms with Crippen molar-refractivity contribution < 1.29 is 9.47 Å². The first-order valence-electron chi connectivity index (χ1n) is 7.72. The number of hydrogen-bond acceptors (Lipinski definition) is 4. The predicted molar refractivity (Wildman–Crippen MR) is 81.8 cm³/mol. The highest BCUT2D eigenvalue weighted by Gasteiger charge is 2.32. The summed E-state index contributed by atoms with van der Waals surface area (Å²) >= 11 is 0. The van der Waals surface area contributed by atoms with Gasteiger partial charge in [0.2, 0.25) is 0 Å². The number of benzene rings is 1. The van der Waals surface area contributed by atoms with Gasteiger partial charge in [-0.15, -0.1) is 0 Å². The van der Waals surface area contributed by atoms with E-state index in [4.69, 9.17) is 9.47 Å². The number of hydrogen-bond donors (Lipinski definition) is 1. The zero-order chi connectivity index (χ0) is 15.0. The highest BCUT2D eigenvalue weighted by atomic mass is 16.5. The van der Waals surface area contributed by atoms with Gasteiger partial charge in [0, 0.05) is 6.61 Å². The first-order valence-corrected chi connectivity index (χ1v) is 7.72. The Morgan fingerprint density at radius 3 is 2.86 bits per heavy atom. The maximum Gasteiger partial charge on any atom is 0.155 e. The lowest BCUT2D eigenvalue weighted by molar-refractivity contribution is 0.00163. The molecule has 1 fully saturated rings. The van der Waals surface area contributed by atoms with Crippen LogP contribution in [-0.2, 0) is 15.0 Å². The van der Waals surface area contributed by atoms with Gasteiger partial charge in [-0.05, 0) is 31.4 Å². The van der Waals surface area contributed by atoms with Crippen LogP contribution < -0.4 is 5.32 Å². The van der Waals surface area contributed by atoms with E-state index in [1.165, 1.54) is 0 Å². The quantitative estimate of drug-likeness (QED) is 0.799. The molecule has 2 unspecified atom stereocenters. The Bertz CT molecular complexity index is 452. The standard InChI is InChI=1S/C17H24N2O2/c1-2-10-19-17(13-18,15-7-4-3-5-8-15)14-20-12-16-9-6-11-21-16/h3-5,7-8,16,19H,2,6,9-12,14H2,1H3. The molecule has 1 aliphatic heterocycles. The molecule has 0 aliphatic carbocycles. The van der Waals surface area contributed by atoms with Gasteiger partial charge in [0.15, 0.2) is 5.54 Å². The lowest BCUT2D eigenvalue weighted by Gasteiger charge is -2.28. The van der Waals surface area contributed by atoms with Crippen LogP contribution in [0.15, 0.2) is 30.3 Å². The molecule has 0 radical (unpaired) electrons. The highest BCUT2D eigenvalue weighted by molar-refractivity contribution is 5.31. The fourth-order valence-electron chi connectivity index (χ4n) is 2.55. The minimum absolute atomic E-state index is 0.184. The van der Waals surface area contributed by atoms with Crippen LogP contribution in [0, 0.1) is 11.3 Å². The molecule has 1 aromatic carbocycles. The number of nitriles is 1. The van der Waals surface area contributed by atoms with E-state index in [9.17, 15) is 5.26 Å². The van der Waals surface area contributed by atoms with Gasteiger partial charge < -0.3 is 9.47 Å². The number of nitrogens with one attached hydrogen (secondary N) is 1. The van der Waals surface area contributed by atoms with E-state index in [2.05, 4.69) is 18.3 Å². The van der Waals surface area contributed by atoms with Crippen LogP contribution in [0.5, 0.6) is 0 Å². The van der Waals surface area contributed by atoms with Gasteiger partial charge in [-0.2, -0.15) is 5.26 Å². The van der Waals surface area contributed by atoms with Gasteiger partial charge in [0.05, 0.1) is 25.4 Å². The van der Waals surface area contributed by atoms with Crippen molar-refractivity contribution in [1.29, 1.82) is 5.26 Å². The minimum Gasteiger partial charge on any atom is -0.376 e. The van der Waals surface area contributed by atoms with Gasteiger partial charge in [-0.1, -0.05) is 37.3 Å². The molecule has 1 saturated heterocycles. The van der Waals surface area contributed by atoms with Crippen LogP contribution in [-0.4, -0.2) is 32.5 Å². The van der Waals surface area contributed by atoms with E-state index in [0.717, 1.165) is 38.0 Å². The Kier molecular flexibility index (Phi) is 6.19. The zero-order valence-corrected chi connectivity index (χ0v) is 12.7. The molecular weight excluding hydrogens is 264 g/mol. The Balaban J connectivity index is 2.02. The second kappa shape index (κ2) is 8.14. The fraction of sp³-hybridized carbons (Fsp3) is 0.588. The van der Waals surface area contributed by atoms with Gasteiger partial charge in [-0.25, -0.2) is 0 Å². The van der Waals surface area contributed by atoms with Gasteiger partial charge in [0.25, 0.3) is 0 Å². The van der Waals surface area contributed by atoms with Gasteiger partial charge in [0.1, 0.15) is 0 Å². The van der Waals surface area contributed by atoms with E-state index in [-0.39, 0.29) is 6.10 Å². The molecule has 114 valence electrons. The summed E-state index contributed by atoms with van der Waals surface area (Å²) in [6.07, 6.45) is 3.31. The van der Waals surface area contributed by atoms with E-state index in [1.54, 1.807) is 0 Å². The van der Waals surface area contributed by atoms with E-state index >= 15 is 0 Å². The third-order valence-electron chi connectivity index (χ3n) is 3.78. The molecule has 1 aromatic rings. The molecule has 4 nitrogen and oxygen atoms in total. The van der Waals surface area contributed by atoms with E-state index in [0.29, 0.717) is 13.2 Å². The SMILES string of the molecule is CCCNC(C#N)(COCC1CCCO1)c1ccccc1. The van der Waals surface area contributed by atoms with Crippen molar-refractivity contribution in [3.05, 3.63) is 35.9 Å². The number of ether oxygens (including phenoxy) is 2. The predicted octanol–water partition coefficient (Wildman–Crippen LogP) is 2.60. The lowest BCUT2D eigenvalue weighted by Crippen LogP contribution is -2.46. The van der Waals surface area contributed by atoms with Crippen LogP contribution in [0.3, 0.4) is 0 Å². The van der Waals surface area contributed by atoms with Crippen LogP contribution in [0.1, 0.15) is 31.7 Å². The van der Waals surface area contributed by atoms with Crippen LogP contribution in [0.4, 0.5) is 0 Å². The van der Waals surface area contributed by atoms with Crippen molar-refractivity contribution in [2.45, 2.75) is 37.8 Å². The van der Waals surface area contributed by atoms with Gasteiger partial charge >= 0.3 is 0 Å². The summed E-state index contributed by atoms with van der Waals surface area (Å²) in [5.41, 5.74) is 0.170. The third-order valence-corrected chi connectivity index (χ3v) is 3.78. The molecule has 1 aliphatic rings. The summed E-state index contributed by atoms with van der Waals surface area (Å²) in [7, 11) is 0. The monoisotopic (exact) mass is 288 g/mol. The molecule has 0 spiro atoms. The molecule has 0 aromatic heterocycles. The average Bonchev–Trinajstić information content (AvgIpc) is 3.05. The smallest absolute Gasteiger partial charge is 0.155 e. The van der Waals surface area contributed by atoms with Crippen molar-refractivity contribution in [3.8, 4) is 6.07 Å². The highest BCUT2D eigenvalue weighted by Crippen LogP contribution is 2.22. The molecule has 2 atom stereocenters. The Hall–Kier alpha value is -1.41. The van der Waals surface area contributed by atoms with Crippen LogP contribution >= 0.6 is 0 Å². The fourth-order valence-corrected chi connectivity index (χ4v) is 2.55. The molecule has 4 heteroatoms. The second-order valence-electron chi connectivity index (χ2n) is 5.46. The topological polar surface area (TPSA) is 54.3 Å². The minimum atomic E-state index is -0.782. The summed E-state index contributed by atoms with van der Waals surface area (Å²) in [6, 6.07) is 12.2. The maximum absolute atomic E-state index is 9.72. The zero-order valence-electron chi connectivity index (χ0n) is 12.7. The molecule has 1 N–H and O–H groups in total. The van der Waals surface area contributed by atoms with Crippen molar-refractivity contribution in [3.63, 3.8) is 0 Å².